The number of aryl methyl sites for hydroxylation is 2. The van der Waals surface area contributed by atoms with Gasteiger partial charge >= 0.3 is 0 Å². The van der Waals surface area contributed by atoms with Gasteiger partial charge in [-0.3, -0.25) is 4.79 Å². The minimum absolute atomic E-state index is 0.161. The highest BCUT2D eigenvalue weighted by molar-refractivity contribution is 6.03. The third-order valence-electron chi connectivity index (χ3n) is 4.62. The Morgan fingerprint density at radius 3 is 2.59 bits per heavy atom. The van der Waals surface area contributed by atoms with Crippen molar-refractivity contribution in [3.05, 3.63) is 71.4 Å². The molecule has 0 aliphatic carbocycles. The van der Waals surface area contributed by atoms with Crippen molar-refractivity contribution in [2.24, 2.45) is 0 Å². The summed E-state index contributed by atoms with van der Waals surface area (Å²) in [6.45, 7) is 3.59. The van der Waals surface area contributed by atoms with Gasteiger partial charge in [-0.15, -0.1) is 10.2 Å². The lowest BCUT2D eigenvalue weighted by Crippen LogP contribution is -2.18. The Morgan fingerprint density at radius 1 is 1.10 bits per heavy atom. The smallest absolute Gasteiger partial charge is 0.278 e. The van der Waals surface area contributed by atoms with E-state index in [2.05, 4.69) is 20.6 Å². The second kappa shape index (κ2) is 7.31. The minimum atomic E-state index is -0.401. The molecular weight excluding hydrogens is 373 g/mol. The fourth-order valence-electron chi connectivity index (χ4n) is 3.17. The number of hydrogen-bond acceptors (Lipinski definition) is 5. The molecule has 2 aromatic heterocycles. The SMILES string of the molecule is COc1cccc(NC(=O)c2nnc3c(-c4ccc(F)cc4)c(C)nn3c2C)c1. The van der Waals surface area contributed by atoms with Crippen LogP contribution in [0.3, 0.4) is 0 Å². The molecular formula is C21H18FN5O2. The molecule has 7 nitrogen and oxygen atoms in total. The number of methoxy groups -OCH3 is 1. The van der Waals surface area contributed by atoms with Crippen molar-refractivity contribution in [2.75, 3.05) is 12.4 Å². The van der Waals surface area contributed by atoms with Crippen LogP contribution in [0.1, 0.15) is 21.9 Å². The summed E-state index contributed by atoms with van der Waals surface area (Å²) in [4.78, 5) is 12.7. The largest absolute Gasteiger partial charge is 0.497 e. The number of benzene rings is 2. The number of fused-ring (bicyclic) bond motifs is 1. The molecule has 4 aromatic rings. The van der Waals surface area contributed by atoms with E-state index in [1.54, 1.807) is 54.9 Å². The summed E-state index contributed by atoms with van der Waals surface area (Å²) in [5.41, 5.74) is 4.03. The van der Waals surface area contributed by atoms with Crippen LogP contribution in [0, 0.1) is 19.7 Å². The van der Waals surface area contributed by atoms with Crippen LogP contribution in [-0.4, -0.2) is 32.8 Å². The summed E-state index contributed by atoms with van der Waals surface area (Å²) in [7, 11) is 1.56. The quantitative estimate of drug-likeness (QED) is 0.572. The van der Waals surface area contributed by atoms with Gasteiger partial charge in [-0.25, -0.2) is 8.91 Å². The van der Waals surface area contributed by atoms with Gasteiger partial charge in [0.25, 0.3) is 5.91 Å². The van der Waals surface area contributed by atoms with E-state index in [-0.39, 0.29) is 11.5 Å². The van der Waals surface area contributed by atoms with E-state index >= 15 is 0 Å². The Labute approximate surface area is 166 Å². The number of hydrogen-bond donors (Lipinski definition) is 1. The van der Waals surface area contributed by atoms with Crippen LogP contribution < -0.4 is 10.1 Å². The van der Waals surface area contributed by atoms with E-state index in [9.17, 15) is 9.18 Å². The highest BCUT2D eigenvalue weighted by atomic mass is 19.1. The number of aromatic nitrogens is 4. The third kappa shape index (κ3) is 3.40. The number of ether oxygens (including phenoxy) is 1. The van der Waals surface area contributed by atoms with Crippen LogP contribution in [-0.2, 0) is 0 Å². The van der Waals surface area contributed by atoms with E-state index in [0.717, 1.165) is 11.1 Å². The Hall–Kier alpha value is -3.81. The molecule has 0 spiro atoms. The summed E-state index contributed by atoms with van der Waals surface area (Å²) in [6, 6.07) is 13.1. The standard InChI is InChI=1S/C21H18FN5O2/c1-12-18(14-7-9-15(22)10-8-14)20-25-24-19(13(2)27(20)26-12)21(28)23-16-5-4-6-17(11-16)29-3/h4-11H,1-3H3,(H,23,28). The molecule has 0 aliphatic rings. The lowest BCUT2D eigenvalue weighted by Gasteiger charge is -2.09. The number of halogens is 1. The molecule has 0 unspecified atom stereocenters. The topological polar surface area (TPSA) is 81.4 Å². The first-order valence-electron chi connectivity index (χ1n) is 8.92. The van der Waals surface area contributed by atoms with E-state index in [4.69, 9.17) is 4.74 Å². The zero-order valence-corrected chi connectivity index (χ0v) is 16.1. The van der Waals surface area contributed by atoms with Crippen LogP contribution in [0.4, 0.5) is 10.1 Å². The minimum Gasteiger partial charge on any atom is -0.497 e. The monoisotopic (exact) mass is 391 g/mol. The van der Waals surface area contributed by atoms with Gasteiger partial charge in [0.2, 0.25) is 0 Å². The fraction of sp³-hybridized carbons (Fsp3) is 0.143. The van der Waals surface area contributed by atoms with E-state index in [0.29, 0.717) is 28.5 Å². The van der Waals surface area contributed by atoms with Crippen molar-refractivity contribution < 1.29 is 13.9 Å². The second-order valence-electron chi connectivity index (χ2n) is 6.52. The number of nitrogens with zero attached hydrogens (tertiary/aromatic N) is 4. The summed E-state index contributed by atoms with van der Waals surface area (Å²) in [6.07, 6.45) is 0. The lowest BCUT2D eigenvalue weighted by atomic mass is 10.1. The molecule has 1 N–H and O–H groups in total. The summed E-state index contributed by atoms with van der Waals surface area (Å²) in [5, 5.41) is 15.7. The second-order valence-corrected chi connectivity index (χ2v) is 6.52. The van der Waals surface area contributed by atoms with Crippen LogP contribution in [0.25, 0.3) is 16.8 Å². The van der Waals surface area contributed by atoms with Crippen LogP contribution >= 0.6 is 0 Å². The van der Waals surface area contributed by atoms with Crippen molar-refractivity contribution >= 4 is 17.2 Å². The molecule has 0 saturated carbocycles. The normalized spacial score (nSPS) is 10.9. The molecule has 2 aromatic carbocycles. The van der Waals surface area contributed by atoms with Gasteiger partial charge in [0, 0.05) is 11.8 Å². The number of nitrogens with one attached hydrogen (secondary N) is 1. The molecule has 4 rings (SSSR count). The maximum atomic E-state index is 13.3. The van der Waals surface area contributed by atoms with Crippen molar-refractivity contribution in [2.45, 2.75) is 13.8 Å². The molecule has 0 radical (unpaired) electrons. The lowest BCUT2D eigenvalue weighted by molar-refractivity contribution is 0.102. The number of amides is 1. The molecule has 1 amide bonds. The molecule has 0 saturated heterocycles. The number of carbonyl (C=O) groups is 1. The zero-order valence-electron chi connectivity index (χ0n) is 16.1. The maximum Gasteiger partial charge on any atom is 0.278 e. The summed E-state index contributed by atoms with van der Waals surface area (Å²) < 4.78 is 20.0. The molecule has 2 heterocycles. The Morgan fingerprint density at radius 2 is 1.86 bits per heavy atom. The molecule has 0 atom stereocenters. The average Bonchev–Trinajstić information content (AvgIpc) is 3.06. The maximum absolute atomic E-state index is 13.3. The van der Waals surface area contributed by atoms with Crippen LogP contribution in [0.15, 0.2) is 48.5 Å². The van der Waals surface area contributed by atoms with E-state index < -0.39 is 5.91 Å². The van der Waals surface area contributed by atoms with Crippen molar-refractivity contribution in [1.29, 1.82) is 0 Å². The molecule has 146 valence electrons. The Bertz CT molecular complexity index is 1220. The molecule has 8 heteroatoms. The molecule has 0 aliphatic heterocycles. The van der Waals surface area contributed by atoms with Gasteiger partial charge in [0.05, 0.1) is 24.1 Å². The van der Waals surface area contributed by atoms with Gasteiger partial charge in [-0.2, -0.15) is 5.10 Å². The van der Waals surface area contributed by atoms with Gasteiger partial charge in [0.15, 0.2) is 11.3 Å². The number of rotatable bonds is 4. The Kier molecular flexibility index (Phi) is 4.67. The fourth-order valence-corrected chi connectivity index (χ4v) is 3.17. The van der Waals surface area contributed by atoms with Crippen molar-refractivity contribution in [3.63, 3.8) is 0 Å². The first-order valence-corrected chi connectivity index (χ1v) is 8.92. The predicted octanol–water partition coefficient (Wildman–Crippen LogP) is 3.81. The molecule has 0 bridgehead atoms. The third-order valence-corrected chi connectivity index (χ3v) is 4.62. The Balaban J connectivity index is 1.73. The first-order chi connectivity index (χ1) is 14.0. The number of anilines is 1. The summed E-state index contributed by atoms with van der Waals surface area (Å²) in [5.74, 6) is -0.0871. The highest BCUT2D eigenvalue weighted by Gasteiger charge is 2.20. The molecule has 29 heavy (non-hydrogen) atoms. The van der Waals surface area contributed by atoms with Gasteiger partial charge in [0.1, 0.15) is 11.6 Å². The van der Waals surface area contributed by atoms with E-state index in [1.165, 1.54) is 12.1 Å². The molecule has 0 fully saturated rings. The van der Waals surface area contributed by atoms with Crippen LogP contribution in [0.2, 0.25) is 0 Å². The number of carbonyl (C=O) groups excluding carboxylic acids is 1. The van der Waals surface area contributed by atoms with Crippen molar-refractivity contribution in [3.8, 4) is 16.9 Å². The van der Waals surface area contributed by atoms with Gasteiger partial charge in [-0.05, 0) is 43.7 Å². The first kappa shape index (κ1) is 18.5. The summed E-state index contributed by atoms with van der Waals surface area (Å²) >= 11 is 0. The highest BCUT2D eigenvalue weighted by Crippen LogP contribution is 2.28. The van der Waals surface area contributed by atoms with Gasteiger partial charge in [-0.1, -0.05) is 18.2 Å². The zero-order chi connectivity index (χ0) is 20.5. The van der Waals surface area contributed by atoms with Gasteiger partial charge < -0.3 is 10.1 Å². The predicted molar refractivity (Wildman–Crippen MR) is 107 cm³/mol. The van der Waals surface area contributed by atoms with Crippen LogP contribution in [0.5, 0.6) is 5.75 Å². The van der Waals surface area contributed by atoms with E-state index in [1.807, 2.05) is 6.92 Å². The average molecular weight is 391 g/mol. The van der Waals surface area contributed by atoms with Crippen molar-refractivity contribution in [1.82, 2.24) is 19.8 Å².